The summed E-state index contributed by atoms with van der Waals surface area (Å²) < 4.78 is 0. The van der Waals surface area contributed by atoms with Crippen LogP contribution in [0.2, 0.25) is 0 Å². The van der Waals surface area contributed by atoms with Crippen LogP contribution in [0.25, 0.3) is 0 Å². The van der Waals surface area contributed by atoms with Crippen LogP contribution in [-0.4, -0.2) is 53.9 Å². The lowest BCUT2D eigenvalue weighted by Gasteiger charge is -2.40. The van der Waals surface area contributed by atoms with Gasteiger partial charge in [-0.15, -0.1) is 0 Å². The summed E-state index contributed by atoms with van der Waals surface area (Å²) in [6.45, 7) is 4.37. The van der Waals surface area contributed by atoms with Crippen LogP contribution < -0.4 is 10.6 Å². The number of nitrogens with zero attached hydrogens (tertiary/aromatic N) is 1. The number of amides is 2. The standard InChI is InChI=1S/C17H33N3O2/c1-14(7-6-12-21)18-17(22)19-15-8-5-11-20(13-15)16-9-3-2-4-10-16/h14-16,21H,2-13H2,1H3,(H2,18,19,22). The molecule has 0 bridgehead atoms. The molecule has 3 N–H and O–H groups in total. The maximum Gasteiger partial charge on any atom is 0.315 e. The third-order valence-electron chi connectivity index (χ3n) is 5.05. The Morgan fingerprint density at radius 2 is 2.00 bits per heavy atom. The Labute approximate surface area is 134 Å². The Morgan fingerprint density at radius 1 is 1.23 bits per heavy atom. The van der Waals surface area contributed by atoms with Gasteiger partial charge < -0.3 is 15.7 Å². The number of likely N-dealkylation sites (tertiary alicyclic amines) is 1. The Bertz CT molecular complexity index is 332. The molecule has 1 aliphatic carbocycles. The number of nitrogens with one attached hydrogen (secondary N) is 2. The van der Waals surface area contributed by atoms with Crippen molar-refractivity contribution in [1.29, 1.82) is 0 Å². The quantitative estimate of drug-likeness (QED) is 0.705. The number of hydrogen-bond donors (Lipinski definition) is 3. The molecule has 0 aromatic heterocycles. The Balaban J connectivity index is 1.71. The van der Waals surface area contributed by atoms with Crippen LogP contribution in [-0.2, 0) is 0 Å². The van der Waals surface area contributed by atoms with Crippen LogP contribution in [0.1, 0.15) is 64.7 Å². The molecule has 2 amide bonds. The van der Waals surface area contributed by atoms with Crippen molar-refractivity contribution in [2.75, 3.05) is 19.7 Å². The molecule has 2 fully saturated rings. The second-order valence-electron chi connectivity index (χ2n) is 7.01. The van der Waals surface area contributed by atoms with Crippen molar-refractivity contribution in [2.45, 2.75) is 82.8 Å². The van der Waals surface area contributed by atoms with Gasteiger partial charge in [-0.1, -0.05) is 19.3 Å². The van der Waals surface area contributed by atoms with E-state index in [1.165, 1.54) is 45.1 Å². The van der Waals surface area contributed by atoms with Crippen molar-refractivity contribution < 1.29 is 9.90 Å². The number of aliphatic hydroxyl groups is 1. The molecule has 0 aromatic rings. The molecule has 128 valence electrons. The summed E-state index contributed by atoms with van der Waals surface area (Å²) in [5.74, 6) is 0. The molecule has 0 spiro atoms. The molecule has 22 heavy (non-hydrogen) atoms. The Kier molecular flexibility index (Phi) is 7.46. The van der Waals surface area contributed by atoms with E-state index in [0.29, 0.717) is 0 Å². The normalized spacial score (nSPS) is 25.6. The van der Waals surface area contributed by atoms with Gasteiger partial charge in [-0.05, 0) is 52.0 Å². The minimum atomic E-state index is -0.0547. The van der Waals surface area contributed by atoms with E-state index in [-0.39, 0.29) is 24.7 Å². The first-order valence-corrected chi connectivity index (χ1v) is 9.11. The average molecular weight is 311 g/mol. The molecule has 1 heterocycles. The largest absolute Gasteiger partial charge is 0.396 e. The maximum absolute atomic E-state index is 12.1. The highest BCUT2D eigenvalue weighted by atomic mass is 16.3. The number of carbonyl (C=O) groups excluding carboxylic acids is 1. The van der Waals surface area contributed by atoms with Crippen LogP contribution in [0.5, 0.6) is 0 Å². The van der Waals surface area contributed by atoms with Gasteiger partial charge in [0.25, 0.3) is 0 Å². The summed E-state index contributed by atoms with van der Waals surface area (Å²) in [5.41, 5.74) is 0. The molecule has 1 saturated carbocycles. The lowest BCUT2D eigenvalue weighted by molar-refractivity contribution is 0.112. The first kappa shape index (κ1) is 17.5. The highest BCUT2D eigenvalue weighted by Crippen LogP contribution is 2.25. The summed E-state index contributed by atoms with van der Waals surface area (Å²) in [6.07, 6.45) is 10.6. The van der Waals surface area contributed by atoms with E-state index >= 15 is 0 Å². The van der Waals surface area contributed by atoms with Crippen LogP contribution in [0, 0.1) is 0 Å². The van der Waals surface area contributed by atoms with Gasteiger partial charge in [-0.2, -0.15) is 0 Å². The van der Waals surface area contributed by atoms with E-state index in [1.807, 2.05) is 6.92 Å². The summed E-state index contributed by atoms with van der Waals surface area (Å²) in [5, 5.41) is 14.9. The third kappa shape index (κ3) is 5.76. The van der Waals surface area contributed by atoms with Gasteiger partial charge in [0.15, 0.2) is 0 Å². The van der Waals surface area contributed by atoms with Gasteiger partial charge in [0.05, 0.1) is 0 Å². The van der Waals surface area contributed by atoms with Crippen molar-refractivity contribution >= 4 is 6.03 Å². The minimum Gasteiger partial charge on any atom is -0.396 e. The van der Waals surface area contributed by atoms with Crippen LogP contribution in [0.3, 0.4) is 0 Å². The first-order valence-electron chi connectivity index (χ1n) is 9.11. The van der Waals surface area contributed by atoms with Gasteiger partial charge in [-0.25, -0.2) is 4.79 Å². The van der Waals surface area contributed by atoms with E-state index < -0.39 is 0 Å². The molecule has 5 heteroatoms. The molecule has 2 aliphatic rings. The molecule has 1 saturated heterocycles. The summed E-state index contributed by atoms with van der Waals surface area (Å²) in [6, 6.07) is 1.08. The van der Waals surface area contributed by atoms with Crippen molar-refractivity contribution in [1.82, 2.24) is 15.5 Å². The van der Waals surface area contributed by atoms with Crippen molar-refractivity contribution in [3.05, 3.63) is 0 Å². The highest BCUT2D eigenvalue weighted by molar-refractivity contribution is 5.74. The number of carbonyl (C=O) groups is 1. The number of aliphatic hydroxyl groups excluding tert-OH is 1. The Hall–Kier alpha value is -0.810. The van der Waals surface area contributed by atoms with Gasteiger partial charge >= 0.3 is 6.03 Å². The zero-order valence-corrected chi connectivity index (χ0v) is 14.0. The monoisotopic (exact) mass is 311 g/mol. The fourth-order valence-corrected chi connectivity index (χ4v) is 3.82. The minimum absolute atomic E-state index is 0.0547. The second-order valence-corrected chi connectivity index (χ2v) is 7.01. The highest BCUT2D eigenvalue weighted by Gasteiger charge is 2.27. The van der Waals surface area contributed by atoms with Crippen LogP contribution >= 0.6 is 0 Å². The number of piperidine rings is 1. The van der Waals surface area contributed by atoms with E-state index in [0.717, 1.165) is 31.8 Å². The van der Waals surface area contributed by atoms with E-state index in [4.69, 9.17) is 5.11 Å². The molecular formula is C17H33N3O2. The van der Waals surface area contributed by atoms with Crippen molar-refractivity contribution in [2.24, 2.45) is 0 Å². The maximum atomic E-state index is 12.1. The zero-order chi connectivity index (χ0) is 15.8. The SMILES string of the molecule is CC(CCCO)NC(=O)NC1CCCN(C2CCCCC2)C1. The third-order valence-corrected chi connectivity index (χ3v) is 5.05. The zero-order valence-electron chi connectivity index (χ0n) is 14.0. The van der Waals surface area contributed by atoms with Crippen LogP contribution in [0.4, 0.5) is 4.79 Å². The summed E-state index contributed by atoms with van der Waals surface area (Å²) >= 11 is 0. The Morgan fingerprint density at radius 3 is 2.73 bits per heavy atom. The topological polar surface area (TPSA) is 64.6 Å². The van der Waals surface area contributed by atoms with E-state index in [9.17, 15) is 4.79 Å². The van der Waals surface area contributed by atoms with Gasteiger partial charge in [0, 0.05) is 31.3 Å². The molecular weight excluding hydrogens is 278 g/mol. The fourth-order valence-electron chi connectivity index (χ4n) is 3.82. The molecule has 0 aromatic carbocycles. The molecule has 0 radical (unpaired) electrons. The lowest BCUT2D eigenvalue weighted by atomic mass is 9.92. The van der Waals surface area contributed by atoms with E-state index in [2.05, 4.69) is 15.5 Å². The van der Waals surface area contributed by atoms with E-state index in [1.54, 1.807) is 0 Å². The molecule has 2 atom stereocenters. The first-order chi connectivity index (χ1) is 10.7. The van der Waals surface area contributed by atoms with Crippen molar-refractivity contribution in [3.8, 4) is 0 Å². The smallest absolute Gasteiger partial charge is 0.315 e. The summed E-state index contributed by atoms with van der Waals surface area (Å²) in [4.78, 5) is 14.7. The number of urea groups is 1. The molecule has 5 nitrogen and oxygen atoms in total. The number of rotatable bonds is 6. The molecule has 1 aliphatic heterocycles. The summed E-state index contributed by atoms with van der Waals surface area (Å²) in [7, 11) is 0. The van der Waals surface area contributed by atoms with Crippen molar-refractivity contribution in [3.63, 3.8) is 0 Å². The van der Waals surface area contributed by atoms with Gasteiger partial charge in [-0.3, -0.25) is 4.90 Å². The average Bonchev–Trinajstić information content (AvgIpc) is 2.54. The van der Waals surface area contributed by atoms with Crippen LogP contribution in [0.15, 0.2) is 0 Å². The van der Waals surface area contributed by atoms with Gasteiger partial charge in [0.1, 0.15) is 0 Å². The second kappa shape index (κ2) is 9.36. The fraction of sp³-hybridized carbons (Fsp3) is 0.941. The predicted molar refractivity (Wildman–Crippen MR) is 88.9 cm³/mol. The molecule has 2 unspecified atom stereocenters. The lowest BCUT2D eigenvalue weighted by Crippen LogP contribution is -2.54. The van der Waals surface area contributed by atoms with Gasteiger partial charge in [0.2, 0.25) is 0 Å². The molecule has 2 rings (SSSR count). The predicted octanol–water partition coefficient (Wildman–Crippen LogP) is 2.24. The number of hydrogen-bond acceptors (Lipinski definition) is 3.